The third-order valence-electron chi connectivity index (χ3n) is 2.90. The van der Waals surface area contributed by atoms with Crippen molar-refractivity contribution in [1.82, 2.24) is 0 Å². The summed E-state index contributed by atoms with van der Waals surface area (Å²) in [6.07, 6.45) is 0. The maximum atomic E-state index is 12.0. The molecule has 2 aromatic carbocycles. The van der Waals surface area contributed by atoms with Gasteiger partial charge in [-0.05, 0) is 23.1 Å². The monoisotopic (exact) mass is 280 g/mol. The zero-order chi connectivity index (χ0) is 13.8. The second kappa shape index (κ2) is 5.72. The van der Waals surface area contributed by atoms with E-state index in [0.717, 1.165) is 11.1 Å². The number of benzene rings is 2. The molecule has 0 aliphatic carbocycles. The Morgan fingerprint density at radius 1 is 0.850 bits per heavy atom. The molecule has 20 heavy (non-hydrogen) atoms. The Hall–Kier alpha value is -2.39. The first-order chi connectivity index (χ1) is 9.84. The Kier molecular flexibility index (Phi) is 3.61. The van der Waals surface area contributed by atoms with Crippen LogP contribution < -0.4 is 4.74 Å². The summed E-state index contributed by atoms with van der Waals surface area (Å²) in [4.78, 5) is 12.7. The molecule has 0 bridgehead atoms. The van der Waals surface area contributed by atoms with E-state index >= 15 is 0 Å². The fourth-order valence-corrected chi connectivity index (χ4v) is 2.56. The first-order valence-corrected chi connectivity index (χ1v) is 7.13. The van der Waals surface area contributed by atoms with Crippen LogP contribution in [-0.4, -0.2) is 5.97 Å². The highest BCUT2D eigenvalue weighted by molar-refractivity contribution is 7.12. The average molecular weight is 280 g/mol. The molecule has 0 atom stereocenters. The first kappa shape index (κ1) is 12.6. The van der Waals surface area contributed by atoms with Gasteiger partial charge in [0.05, 0.1) is 0 Å². The van der Waals surface area contributed by atoms with Crippen molar-refractivity contribution in [2.45, 2.75) is 0 Å². The lowest BCUT2D eigenvalue weighted by molar-refractivity contribution is 0.0740. The van der Waals surface area contributed by atoms with Crippen LogP contribution >= 0.6 is 11.3 Å². The maximum absolute atomic E-state index is 12.0. The molecule has 0 amide bonds. The number of ether oxygens (including phenoxy) is 1. The van der Waals surface area contributed by atoms with Crippen molar-refractivity contribution in [3.63, 3.8) is 0 Å². The van der Waals surface area contributed by atoms with E-state index in [1.807, 2.05) is 66.0 Å². The van der Waals surface area contributed by atoms with Crippen LogP contribution in [0.4, 0.5) is 0 Å². The first-order valence-electron chi connectivity index (χ1n) is 6.25. The van der Waals surface area contributed by atoms with Gasteiger partial charge >= 0.3 is 5.97 Å². The average Bonchev–Trinajstić information content (AvgIpc) is 3.03. The molecule has 1 aromatic heterocycles. The molecule has 98 valence electrons. The fraction of sp³-hybridized carbons (Fsp3) is 0. The van der Waals surface area contributed by atoms with Gasteiger partial charge in [0.2, 0.25) is 0 Å². The molecule has 0 saturated carbocycles. The third kappa shape index (κ3) is 2.63. The van der Waals surface area contributed by atoms with Gasteiger partial charge in [0.1, 0.15) is 10.6 Å². The fourth-order valence-electron chi connectivity index (χ4n) is 1.96. The summed E-state index contributed by atoms with van der Waals surface area (Å²) in [5, 5.41) is 1.86. The van der Waals surface area contributed by atoms with Gasteiger partial charge in [-0.25, -0.2) is 4.79 Å². The minimum Gasteiger partial charge on any atom is -0.422 e. The Morgan fingerprint density at radius 2 is 1.60 bits per heavy atom. The van der Waals surface area contributed by atoms with Crippen LogP contribution in [-0.2, 0) is 0 Å². The van der Waals surface area contributed by atoms with Gasteiger partial charge in [0.25, 0.3) is 0 Å². The van der Waals surface area contributed by atoms with Gasteiger partial charge in [0.15, 0.2) is 0 Å². The highest BCUT2D eigenvalue weighted by Gasteiger charge is 2.12. The molecule has 0 fully saturated rings. The molecule has 2 nitrogen and oxygen atoms in total. The lowest BCUT2D eigenvalue weighted by atomic mass is 10.1. The second-order valence-electron chi connectivity index (χ2n) is 4.23. The third-order valence-corrected chi connectivity index (χ3v) is 3.75. The zero-order valence-electron chi connectivity index (χ0n) is 10.7. The SMILES string of the molecule is O=C(Oc1ccccc1-c1ccccc1)c1cccs1. The van der Waals surface area contributed by atoms with Gasteiger partial charge in [-0.1, -0.05) is 54.6 Å². The van der Waals surface area contributed by atoms with Crippen LogP contribution in [0.25, 0.3) is 11.1 Å². The summed E-state index contributed by atoms with van der Waals surface area (Å²) in [6.45, 7) is 0. The van der Waals surface area contributed by atoms with Crippen LogP contribution in [0.5, 0.6) is 5.75 Å². The summed E-state index contributed by atoms with van der Waals surface area (Å²) in [5.41, 5.74) is 1.94. The van der Waals surface area contributed by atoms with Crippen LogP contribution in [0.2, 0.25) is 0 Å². The highest BCUT2D eigenvalue weighted by Crippen LogP contribution is 2.30. The second-order valence-corrected chi connectivity index (χ2v) is 5.18. The van der Waals surface area contributed by atoms with Gasteiger partial charge in [-0.2, -0.15) is 0 Å². The van der Waals surface area contributed by atoms with Gasteiger partial charge in [-0.3, -0.25) is 0 Å². The van der Waals surface area contributed by atoms with Crippen molar-refractivity contribution >= 4 is 17.3 Å². The molecule has 3 rings (SSSR count). The minimum absolute atomic E-state index is 0.316. The number of esters is 1. The summed E-state index contributed by atoms with van der Waals surface area (Å²) >= 11 is 1.38. The smallest absolute Gasteiger partial charge is 0.353 e. The summed E-state index contributed by atoms with van der Waals surface area (Å²) < 4.78 is 5.52. The summed E-state index contributed by atoms with van der Waals surface area (Å²) in [5.74, 6) is 0.264. The summed E-state index contributed by atoms with van der Waals surface area (Å²) in [6, 6.07) is 21.1. The van der Waals surface area contributed by atoms with E-state index in [1.54, 1.807) is 6.07 Å². The van der Waals surface area contributed by atoms with Crippen molar-refractivity contribution in [1.29, 1.82) is 0 Å². The van der Waals surface area contributed by atoms with Crippen molar-refractivity contribution in [2.24, 2.45) is 0 Å². The van der Waals surface area contributed by atoms with Crippen molar-refractivity contribution in [3.8, 4) is 16.9 Å². The normalized spacial score (nSPS) is 10.2. The molecule has 3 aromatic rings. The zero-order valence-corrected chi connectivity index (χ0v) is 11.5. The number of rotatable bonds is 3. The van der Waals surface area contributed by atoms with Crippen molar-refractivity contribution in [3.05, 3.63) is 77.0 Å². The molecule has 0 radical (unpaired) electrons. The molecular formula is C17H12O2S. The Morgan fingerprint density at radius 3 is 2.35 bits per heavy atom. The number of carbonyl (C=O) groups excluding carboxylic acids is 1. The Labute approximate surface area is 121 Å². The van der Waals surface area contributed by atoms with E-state index in [2.05, 4.69) is 0 Å². The Bertz CT molecular complexity index is 703. The highest BCUT2D eigenvalue weighted by atomic mass is 32.1. The molecule has 1 heterocycles. The van der Waals surface area contributed by atoms with E-state index in [-0.39, 0.29) is 5.97 Å². The molecule has 0 spiro atoms. The molecule has 0 unspecified atom stereocenters. The van der Waals surface area contributed by atoms with E-state index in [4.69, 9.17) is 4.74 Å². The van der Waals surface area contributed by atoms with E-state index in [9.17, 15) is 4.79 Å². The molecule has 0 aliphatic rings. The molecule has 3 heteroatoms. The quantitative estimate of drug-likeness (QED) is 0.516. The van der Waals surface area contributed by atoms with Crippen LogP contribution in [0.15, 0.2) is 72.1 Å². The largest absolute Gasteiger partial charge is 0.422 e. The number of carbonyl (C=O) groups is 1. The molecule has 0 N–H and O–H groups in total. The van der Waals surface area contributed by atoms with Crippen molar-refractivity contribution in [2.75, 3.05) is 0 Å². The molecular weight excluding hydrogens is 268 g/mol. The predicted octanol–water partition coefficient (Wildman–Crippen LogP) is 4.63. The number of thiophene rings is 1. The molecule has 0 aliphatic heterocycles. The topological polar surface area (TPSA) is 26.3 Å². The number of hydrogen-bond acceptors (Lipinski definition) is 3. The van der Waals surface area contributed by atoms with Gasteiger partial charge in [-0.15, -0.1) is 11.3 Å². The van der Waals surface area contributed by atoms with Gasteiger partial charge in [0, 0.05) is 5.56 Å². The summed E-state index contributed by atoms with van der Waals surface area (Å²) in [7, 11) is 0. The number of hydrogen-bond donors (Lipinski definition) is 0. The number of para-hydroxylation sites is 1. The lowest BCUT2D eigenvalue weighted by Gasteiger charge is -2.09. The van der Waals surface area contributed by atoms with Crippen LogP contribution in [0, 0.1) is 0 Å². The minimum atomic E-state index is -0.316. The van der Waals surface area contributed by atoms with Gasteiger partial charge < -0.3 is 4.74 Å². The lowest BCUT2D eigenvalue weighted by Crippen LogP contribution is -2.07. The molecule has 0 saturated heterocycles. The van der Waals surface area contributed by atoms with Crippen LogP contribution in [0.1, 0.15) is 9.67 Å². The predicted molar refractivity (Wildman–Crippen MR) is 81.2 cm³/mol. The van der Waals surface area contributed by atoms with Crippen molar-refractivity contribution < 1.29 is 9.53 Å². The Balaban J connectivity index is 1.93. The van der Waals surface area contributed by atoms with E-state index < -0.39 is 0 Å². The van der Waals surface area contributed by atoms with E-state index in [1.165, 1.54) is 11.3 Å². The maximum Gasteiger partial charge on any atom is 0.353 e. The van der Waals surface area contributed by atoms with E-state index in [0.29, 0.717) is 10.6 Å². The standard InChI is InChI=1S/C17H12O2S/c18-17(16-11-6-12-20-16)19-15-10-5-4-9-14(15)13-7-2-1-3-8-13/h1-12H. The van der Waals surface area contributed by atoms with Crippen LogP contribution in [0.3, 0.4) is 0 Å².